The molecule has 1 amide bonds. The first-order chi connectivity index (χ1) is 13.7. The third-order valence-electron chi connectivity index (χ3n) is 4.32. The molecule has 0 saturated carbocycles. The van der Waals surface area contributed by atoms with Crippen LogP contribution in [0.4, 0.5) is 17.3 Å². The number of carbonyl (C=O) groups is 1. The van der Waals surface area contributed by atoms with E-state index in [9.17, 15) is 4.79 Å². The summed E-state index contributed by atoms with van der Waals surface area (Å²) in [6.45, 7) is 0. The highest BCUT2D eigenvalue weighted by molar-refractivity contribution is 6.02. The van der Waals surface area contributed by atoms with Gasteiger partial charge in [0.15, 0.2) is 0 Å². The number of anilines is 3. The lowest BCUT2D eigenvalue weighted by molar-refractivity contribution is 0.101. The van der Waals surface area contributed by atoms with Gasteiger partial charge in [-0.15, -0.1) is 0 Å². The van der Waals surface area contributed by atoms with E-state index in [-0.39, 0.29) is 5.91 Å². The SMILES string of the molecule is Cn1cccc1C(=O)Nc1cc(-c2ccnc(Nc3ccccc3)c2)ccn1. The lowest BCUT2D eigenvalue weighted by atomic mass is 10.1. The minimum absolute atomic E-state index is 0.196. The maximum absolute atomic E-state index is 12.4. The number of para-hydroxylation sites is 1. The van der Waals surface area contributed by atoms with E-state index >= 15 is 0 Å². The van der Waals surface area contributed by atoms with Crippen LogP contribution in [0.15, 0.2) is 85.3 Å². The number of aryl methyl sites for hydroxylation is 1. The molecule has 0 atom stereocenters. The summed E-state index contributed by atoms with van der Waals surface area (Å²) < 4.78 is 1.77. The Morgan fingerprint density at radius 1 is 0.857 bits per heavy atom. The van der Waals surface area contributed by atoms with Crippen molar-refractivity contribution in [3.8, 4) is 11.1 Å². The van der Waals surface area contributed by atoms with Gasteiger partial charge in [0, 0.05) is 31.3 Å². The molecule has 3 aromatic heterocycles. The maximum atomic E-state index is 12.4. The van der Waals surface area contributed by atoms with Crippen LogP contribution in [0.2, 0.25) is 0 Å². The van der Waals surface area contributed by atoms with Gasteiger partial charge in [-0.05, 0) is 59.7 Å². The van der Waals surface area contributed by atoms with Crippen molar-refractivity contribution in [2.45, 2.75) is 0 Å². The average Bonchev–Trinajstić information content (AvgIpc) is 3.15. The molecule has 0 saturated heterocycles. The van der Waals surface area contributed by atoms with Gasteiger partial charge < -0.3 is 15.2 Å². The van der Waals surface area contributed by atoms with Gasteiger partial charge in [0.05, 0.1) is 0 Å². The van der Waals surface area contributed by atoms with Gasteiger partial charge in [-0.25, -0.2) is 9.97 Å². The number of aromatic nitrogens is 3. The fraction of sp³-hybridized carbons (Fsp3) is 0.0455. The van der Waals surface area contributed by atoms with Crippen molar-refractivity contribution in [3.63, 3.8) is 0 Å². The normalized spacial score (nSPS) is 10.5. The standard InChI is InChI=1S/C22H19N5O/c1-27-13-5-8-19(27)22(28)26-21-15-17(10-12-24-21)16-9-11-23-20(14-16)25-18-6-3-2-4-7-18/h2-15H,1H3,(H,23,25)(H,24,26,28). The molecule has 0 aliphatic carbocycles. The lowest BCUT2D eigenvalue weighted by Crippen LogP contribution is -2.16. The van der Waals surface area contributed by atoms with Gasteiger partial charge in [-0.2, -0.15) is 0 Å². The summed E-state index contributed by atoms with van der Waals surface area (Å²) >= 11 is 0. The Kier molecular flexibility index (Phi) is 4.84. The van der Waals surface area contributed by atoms with Crippen molar-refractivity contribution < 1.29 is 4.79 Å². The Morgan fingerprint density at radius 2 is 1.54 bits per heavy atom. The number of hydrogen-bond acceptors (Lipinski definition) is 4. The molecule has 4 aromatic rings. The molecule has 3 heterocycles. The van der Waals surface area contributed by atoms with Crippen LogP contribution in [0, 0.1) is 0 Å². The Bertz CT molecular complexity index is 1100. The Labute approximate surface area is 162 Å². The zero-order valence-electron chi connectivity index (χ0n) is 15.3. The molecular weight excluding hydrogens is 350 g/mol. The van der Waals surface area contributed by atoms with Crippen LogP contribution in [0.3, 0.4) is 0 Å². The van der Waals surface area contributed by atoms with Gasteiger partial charge in [0.1, 0.15) is 17.3 Å². The van der Waals surface area contributed by atoms with E-state index in [4.69, 9.17) is 0 Å². The van der Waals surface area contributed by atoms with Gasteiger partial charge in [0.2, 0.25) is 0 Å². The molecule has 0 fully saturated rings. The first kappa shape index (κ1) is 17.5. The first-order valence-electron chi connectivity index (χ1n) is 8.86. The zero-order valence-corrected chi connectivity index (χ0v) is 15.3. The largest absolute Gasteiger partial charge is 0.347 e. The molecule has 0 unspecified atom stereocenters. The number of rotatable bonds is 5. The third kappa shape index (κ3) is 3.91. The Balaban J connectivity index is 1.55. The van der Waals surface area contributed by atoms with E-state index in [1.807, 2.05) is 73.9 Å². The average molecular weight is 369 g/mol. The summed E-state index contributed by atoms with van der Waals surface area (Å²) in [7, 11) is 1.83. The first-order valence-corrected chi connectivity index (χ1v) is 8.86. The second-order valence-electron chi connectivity index (χ2n) is 6.31. The van der Waals surface area contributed by atoms with Crippen LogP contribution >= 0.6 is 0 Å². The number of benzene rings is 1. The number of nitrogens with zero attached hydrogens (tertiary/aromatic N) is 3. The van der Waals surface area contributed by atoms with Gasteiger partial charge in [-0.1, -0.05) is 18.2 Å². The van der Waals surface area contributed by atoms with E-state index in [1.165, 1.54) is 0 Å². The summed E-state index contributed by atoms with van der Waals surface area (Å²) in [4.78, 5) is 21.0. The van der Waals surface area contributed by atoms with Crippen molar-refractivity contribution in [2.75, 3.05) is 10.6 Å². The predicted molar refractivity (Wildman–Crippen MR) is 111 cm³/mol. The second kappa shape index (κ2) is 7.75. The topological polar surface area (TPSA) is 71.8 Å². The second-order valence-corrected chi connectivity index (χ2v) is 6.31. The predicted octanol–water partition coefficient (Wildman–Crippen LogP) is 4.48. The Morgan fingerprint density at radius 3 is 2.21 bits per heavy atom. The van der Waals surface area contributed by atoms with Crippen molar-refractivity contribution in [2.24, 2.45) is 7.05 Å². The molecular formula is C22H19N5O. The molecule has 1 aromatic carbocycles. The molecule has 2 N–H and O–H groups in total. The fourth-order valence-corrected chi connectivity index (χ4v) is 2.90. The van der Waals surface area contributed by atoms with E-state index in [0.717, 1.165) is 22.6 Å². The number of pyridine rings is 2. The smallest absolute Gasteiger partial charge is 0.273 e. The van der Waals surface area contributed by atoms with Crippen LogP contribution < -0.4 is 10.6 Å². The molecule has 138 valence electrons. The van der Waals surface area contributed by atoms with Crippen molar-refractivity contribution in [1.29, 1.82) is 0 Å². The molecule has 0 aliphatic heterocycles. The van der Waals surface area contributed by atoms with E-state index in [0.29, 0.717) is 11.5 Å². The van der Waals surface area contributed by atoms with Gasteiger partial charge >= 0.3 is 0 Å². The summed E-state index contributed by atoms with van der Waals surface area (Å²) in [5, 5.41) is 6.13. The molecule has 0 aliphatic rings. The zero-order chi connectivity index (χ0) is 19.3. The van der Waals surface area contributed by atoms with Crippen LogP contribution in [0.25, 0.3) is 11.1 Å². The molecule has 0 bridgehead atoms. The summed E-state index contributed by atoms with van der Waals surface area (Å²) in [6, 6.07) is 21.1. The minimum Gasteiger partial charge on any atom is -0.347 e. The summed E-state index contributed by atoms with van der Waals surface area (Å²) in [5.74, 6) is 1.05. The number of carbonyl (C=O) groups excluding carboxylic acids is 1. The quantitative estimate of drug-likeness (QED) is 0.544. The molecule has 6 nitrogen and oxygen atoms in total. The molecule has 0 spiro atoms. The molecule has 28 heavy (non-hydrogen) atoms. The Hall–Kier alpha value is -3.93. The van der Waals surface area contributed by atoms with Crippen molar-refractivity contribution in [1.82, 2.24) is 14.5 Å². The number of hydrogen-bond donors (Lipinski definition) is 2. The minimum atomic E-state index is -0.196. The van der Waals surface area contributed by atoms with Crippen LogP contribution in [0.5, 0.6) is 0 Å². The van der Waals surface area contributed by atoms with Gasteiger partial charge in [-0.3, -0.25) is 4.79 Å². The van der Waals surface area contributed by atoms with Crippen LogP contribution in [0.1, 0.15) is 10.5 Å². The molecule has 6 heteroatoms. The van der Waals surface area contributed by atoms with E-state index in [1.54, 1.807) is 23.0 Å². The monoisotopic (exact) mass is 369 g/mol. The highest BCUT2D eigenvalue weighted by atomic mass is 16.2. The highest BCUT2D eigenvalue weighted by Gasteiger charge is 2.10. The van der Waals surface area contributed by atoms with E-state index in [2.05, 4.69) is 20.6 Å². The van der Waals surface area contributed by atoms with Crippen LogP contribution in [-0.2, 0) is 7.05 Å². The number of nitrogens with one attached hydrogen (secondary N) is 2. The fourth-order valence-electron chi connectivity index (χ4n) is 2.90. The summed E-state index contributed by atoms with van der Waals surface area (Å²) in [5.41, 5.74) is 3.46. The van der Waals surface area contributed by atoms with Crippen LogP contribution in [-0.4, -0.2) is 20.4 Å². The maximum Gasteiger partial charge on any atom is 0.273 e. The highest BCUT2D eigenvalue weighted by Crippen LogP contribution is 2.24. The van der Waals surface area contributed by atoms with Crippen molar-refractivity contribution >= 4 is 23.2 Å². The van der Waals surface area contributed by atoms with Crippen molar-refractivity contribution in [3.05, 3.63) is 91.0 Å². The van der Waals surface area contributed by atoms with Gasteiger partial charge in [0.25, 0.3) is 5.91 Å². The third-order valence-corrected chi connectivity index (χ3v) is 4.32. The molecule has 0 radical (unpaired) electrons. The van der Waals surface area contributed by atoms with E-state index < -0.39 is 0 Å². The lowest BCUT2D eigenvalue weighted by Gasteiger charge is -2.09. The number of amides is 1. The summed E-state index contributed by atoms with van der Waals surface area (Å²) in [6.07, 6.45) is 5.26. The molecule has 4 rings (SSSR count).